The number of nitrogens with one attached hydrogen (secondary N) is 1. The largest absolute Gasteiger partial charge is 0.463 e. The van der Waals surface area contributed by atoms with E-state index in [9.17, 15) is 4.79 Å². The van der Waals surface area contributed by atoms with Gasteiger partial charge in [0.25, 0.3) is 0 Å². The maximum atomic E-state index is 13.4. The Hall–Kier alpha value is -3.45. The van der Waals surface area contributed by atoms with Crippen molar-refractivity contribution >= 4 is 22.9 Å². The van der Waals surface area contributed by atoms with Gasteiger partial charge in [-0.25, -0.2) is 9.67 Å². The van der Waals surface area contributed by atoms with Crippen molar-refractivity contribution in [2.24, 2.45) is 11.3 Å². The minimum Gasteiger partial charge on any atom is -0.463 e. The lowest BCUT2D eigenvalue weighted by Crippen LogP contribution is -2.39. The first-order chi connectivity index (χ1) is 16.9. The number of nitrogens with zero attached hydrogens (tertiary/aromatic N) is 3. The third kappa shape index (κ3) is 3.93. The minimum absolute atomic E-state index is 0.0403. The van der Waals surface area contributed by atoms with Crippen LogP contribution in [0.5, 0.6) is 0 Å². The first-order valence-electron chi connectivity index (χ1n) is 12.0. The molecule has 3 aromatic heterocycles. The van der Waals surface area contributed by atoms with Gasteiger partial charge in [-0.1, -0.05) is 50.3 Å². The highest BCUT2D eigenvalue weighted by Gasteiger charge is 2.45. The first-order valence-corrected chi connectivity index (χ1v) is 12.9. The van der Waals surface area contributed by atoms with Gasteiger partial charge in [0.1, 0.15) is 17.3 Å². The summed E-state index contributed by atoms with van der Waals surface area (Å²) in [4.78, 5) is 18.2. The Labute approximate surface area is 208 Å². The summed E-state index contributed by atoms with van der Waals surface area (Å²) < 4.78 is 7.54. The van der Waals surface area contributed by atoms with Crippen molar-refractivity contribution in [2.75, 3.05) is 5.32 Å². The Kier molecular flexibility index (Phi) is 5.25. The molecule has 7 heteroatoms. The standard InChI is InChI=1S/C28H28N4O2S/c1-17-24-25(18-8-5-4-6-9-18)26-19(14-28(2,3)15-21(26)33)30-27(24)32(31-17)12-11-23-29-20(16-35-23)22-10-7-13-34-22/h4-10,13-14,16,25-26,30H,11-12,15H2,1-3H3/t25-,26+/m0/s1. The number of thiazole rings is 1. The Bertz CT molecular complexity index is 1410. The van der Waals surface area contributed by atoms with E-state index >= 15 is 0 Å². The van der Waals surface area contributed by atoms with Crippen molar-refractivity contribution in [3.63, 3.8) is 0 Å². The van der Waals surface area contributed by atoms with Crippen LogP contribution in [0.25, 0.3) is 11.5 Å². The number of hydrogen-bond acceptors (Lipinski definition) is 6. The number of hydrogen-bond donors (Lipinski definition) is 1. The molecule has 0 bridgehead atoms. The summed E-state index contributed by atoms with van der Waals surface area (Å²) in [5, 5.41) is 11.7. The molecule has 1 aromatic carbocycles. The second-order valence-corrected chi connectivity index (χ2v) is 11.1. The number of allylic oxidation sites excluding steroid dienone is 2. The second kappa shape index (κ2) is 8.34. The second-order valence-electron chi connectivity index (χ2n) is 10.1. The van der Waals surface area contributed by atoms with E-state index in [0.717, 1.165) is 51.2 Å². The molecule has 2 atom stereocenters. The van der Waals surface area contributed by atoms with Crippen LogP contribution in [0.3, 0.4) is 0 Å². The van der Waals surface area contributed by atoms with Gasteiger partial charge in [0, 0.05) is 41.9 Å². The summed E-state index contributed by atoms with van der Waals surface area (Å²) in [6.07, 6.45) is 5.24. The van der Waals surface area contributed by atoms with Gasteiger partial charge in [0.15, 0.2) is 5.76 Å². The molecular weight excluding hydrogens is 456 g/mol. The van der Waals surface area contributed by atoms with E-state index in [1.54, 1.807) is 17.6 Å². The number of aryl methyl sites for hydroxylation is 3. The van der Waals surface area contributed by atoms with Crippen LogP contribution >= 0.6 is 11.3 Å². The van der Waals surface area contributed by atoms with Crippen molar-refractivity contribution in [2.45, 2.75) is 46.1 Å². The highest BCUT2D eigenvalue weighted by Crippen LogP contribution is 2.50. The average molecular weight is 485 g/mol. The molecule has 178 valence electrons. The van der Waals surface area contributed by atoms with Gasteiger partial charge in [-0.15, -0.1) is 11.3 Å². The smallest absolute Gasteiger partial charge is 0.153 e. The molecule has 1 aliphatic carbocycles. The first kappa shape index (κ1) is 22.0. The normalized spacial score (nSPS) is 20.7. The maximum Gasteiger partial charge on any atom is 0.153 e. The zero-order valence-electron chi connectivity index (χ0n) is 20.1. The molecule has 0 saturated heterocycles. The van der Waals surface area contributed by atoms with Crippen LogP contribution < -0.4 is 5.32 Å². The van der Waals surface area contributed by atoms with Crippen molar-refractivity contribution < 1.29 is 9.21 Å². The zero-order chi connectivity index (χ0) is 24.2. The molecule has 6 nitrogen and oxygen atoms in total. The molecule has 0 saturated carbocycles. The van der Waals surface area contributed by atoms with Gasteiger partial charge >= 0.3 is 0 Å². The third-order valence-electron chi connectivity index (χ3n) is 6.96. The Balaban J connectivity index is 1.37. The molecule has 0 unspecified atom stereocenters. The van der Waals surface area contributed by atoms with Crippen LogP contribution in [0.1, 0.15) is 48.0 Å². The monoisotopic (exact) mass is 484 g/mol. The maximum absolute atomic E-state index is 13.4. The predicted molar refractivity (Wildman–Crippen MR) is 137 cm³/mol. The van der Waals surface area contributed by atoms with Gasteiger partial charge in [-0.2, -0.15) is 5.10 Å². The Morgan fingerprint density at radius 1 is 1.17 bits per heavy atom. The number of ketones is 1. The number of aromatic nitrogens is 3. The SMILES string of the molecule is Cc1nn(CCc2nc(-c3ccco3)cs2)c2c1[C@H](c1ccccc1)[C@H]1C(=O)CC(C)(C)C=C1N2. The van der Waals surface area contributed by atoms with Crippen molar-refractivity contribution in [1.29, 1.82) is 0 Å². The summed E-state index contributed by atoms with van der Waals surface area (Å²) in [6.45, 7) is 7.01. The van der Waals surface area contributed by atoms with Gasteiger partial charge in [0.05, 0.1) is 22.9 Å². The predicted octanol–water partition coefficient (Wildman–Crippen LogP) is 6.21. The van der Waals surface area contributed by atoms with E-state index in [1.807, 2.05) is 23.6 Å². The van der Waals surface area contributed by atoms with E-state index in [-0.39, 0.29) is 17.3 Å². The van der Waals surface area contributed by atoms with Crippen molar-refractivity contribution in [3.05, 3.63) is 87.7 Å². The molecule has 0 spiro atoms. The number of benzene rings is 1. The summed E-state index contributed by atoms with van der Waals surface area (Å²) in [6, 6.07) is 14.2. The number of fused-ring (bicyclic) bond motifs is 2. The Morgan fingerprint density at radius 2 is 2.00 bits per heavy atom. The number of rotatable bonds is 5. The van der Waals surface area contributed by atoms with Crippen molar-refractivity contribution in [1.82, 2.24) is 14.8 Å². The number of carbonyl (C=O) groups is 1. The number of carbonyl (C=O) groups excluding carboxylic acids is 1. The fraction of sp³-hybridized carbons (Fsp3) is 0.321. The Morgan fingerprint density at radius 3 is 2.77 bits per heavy atom. The minimum atomic E-state index is -0.205. The van der Waals surface area contributed by atoms with Crippen LogP contribution in [0.4, 0.5) is 5.82 Å². The molecule has 6 rings (SSSR count). The van der Waals surface area contributed by atoms with Crippen LogP contribution in [0.2, 0.25) is 0 Å². The molecular formula is C28H28N4O2S. The van der Waals surface area contributed by atoms with Gasteiger partial charge in [-0.3, -0.25) is 4.79 Å². The van der Waals surface area contributed by atoms with Crippen LogP contribution in [-0.2, 0) is 17.8 Å². The average Bonchev–Trinajstić information content (AvgIpc) is 3.57. The summed E-state index contributed by atoms with van der Waals surface area (Å²) >= 11 is 1.64. The summed E-state index contributed by atoms with van der Waals surface area (Å²) in [5.74, 6) is 1.83. The third-order valence-corrected chi connectivity index (χ3v) is 7.87. The van der Waals surface area contributed by atoms with E-state index < -0.39 is 0 Å². The zero-order valence-corrected chi connectivity index (χ0v) is 20.9. The summed E-state index contributed by atoms with van der Waals surface area (Å²) in [5.41, 5.74) is 4.95. The number of anilines is 1. The van der Waals surface area contributed by atoms with Crippen LogP contribution in [-0.4, -0.2) is 20.5 Å². The van der Waals surface area contributed by atoms with E-state index in [4.69, 9.17) is 14.5 Å². The fourth-order valence-corrected chi connectivity index (χ4v) is 6.30. The van der Waals surface area contributed by atoms with Crippen LogP contribution in [0.15, 0.2) is 70.3 Å². The topological polar surface area (TPSA) is 73.0 Å². The highest BCUT2D eigenvalue weighted by atomic mass is 32.1. The molecule has 0 fully saturated rings. The van der Waals surface area contributed by atoms with E-state index in [2.05, 4.69) is 61.1 Å². The molecule has 4 aromatic rings. The van der Waals surface area contributed by atoms with Crippen molar-refractivity contribution in [3.8, 4) is 11.5 Å². The van der Waals surface area contributed by atoms with Gasteiger partial charge in [0.2, 0.25) is 0 Å². The number of Topliss-reactive ketones (excluding diaryl/α,β-unsaturated/α-hetero) is 1. The lowest BCUT2D eigenvalue weighted by Gasteiger charge is -2.40. The van der Waals surface area contributed by atoms with Gasteiger partial charge < -0.3 is 9.73 Å². The molecule has 1 N–H and O–H groups in total. The molecule has 35 heavy (non-hydrogen) atoms. The number of furan rings is 1. The van der Waals surface area contributed by atoms with E-state index in [1.165, 1.54) is 0 Å². The molecule has 0 radical (unpaired) electrons. The van der Waals surface area contributed by atoms with E-state index in [0.29, 0.717) is 18.7 Å². The molecule has 1 aliphatic heterocycles. The highest BCUT2D eigenvalue weighted by molar-refractivity contribution is 7.09. The molecule has 4 heterocycles. The molecule has 0 amide bonds. The lowest BCUT2D eigenvalue weighted by molar-refractivity contribution is -0.124. The molecule has 2 aliphatic rings. The fourth-order valence-electron chi connectivity index (χ4n) is 5.52. The quantitative estimate of drug-likeness (QED) is 0.365. The summed E-state index contributed by atoms with van der Waals surface area (Å²) in [7, 11) is 0. The lowest BCUT2D eigenvalue weighted by atomic mass is 9.67. The van der Waals surface area contributed by atoms with Gasteiger partial charge in [-0.05, 0) is 30.0 Å². The van der Waals surface area contributed by atoms with Crippen LogP contribution in [0, 0.1) is 18.3 Å².